The fourth-order valence-electron chi connectivity index (χ4n) is 2.41. The first-order valence-corrected chi connectivity index (χ1v) is 8.22. The molecule has 1 aromatic heterocycles. The molecule has 0 aliphatic carbocycles. The quantitative estimate of drug-likeness (QED) is 0.720. The molecule has 0 aliphatic heterocycles. The van der Waals surface area contributed by atoms with Crippen LogP contribution in [0.5, 0.6) is 0 Å². The van der Waals surface area contributed by atoms with Gasteiger partial charge < -0.3 is 4.98 Å². The van der Waals surface area contributed by atoms with Gasteiger partial charge in [-0.3, -0.25) is 4.79 Å². The summed E-state index contributed by atoms with van der Waals surface area (Å²) in [7, 11) is -4.40. The van der Waals surface area contributed by atoms with E-state index >= 15 is 0 Å². The average Bonchev–Trinajstić information content (AvgIpc) is 2.53. The van der Waals surface area contributed by atoms with Crippen molar-refractivity contribution in [2.75, 3.05) is 0 Å². The van der Waals surface area contributed by atoms with Crippen molar-refractivity contribution in [3.63, 3.8) is 0 Å². The van der Waals surface area contributed by atoms with Crippen LogP contribution in [0.2, 0.25) is 0 Å². The number of pyridine rings is 1. The van der Waals surface area contributed by atoms with Crippen LogP contribution < -0.4 is 5.43 Å². The van der Waals surface area contributed by atoms with Crippen LogP contribution >= 0.6 is 0 Å². The molecule has 8 heteroatoms. The van der Waals surface area contributed by atoms with E-state index in [4.69, 9.17) is 0 Å². The van der Waals surface area contributed by atoms with Crippen molar-refractivity contribution < 1.29 is 21.6 Å². The zero-order valence-corrected chi connectivity index (χ0v) is 13.0. The van der Waals surface area contributed by atoms with Gasteiger partial charge in [0.2, 0.25) is 15.3 Å². The molecule has 0 unspecified atom stereocenters. The minimum atomic E-state index is -4.40. The second kappa shape index (κ2) is 5.48. The molecule has 24 heavy (non-hydrogen) atoms. The summed E-state index contributed by atoms with van der Waals surface area (Å²) in [6.07, 6.45) is 0.851. The third kappa shape index (κ3) is 2.39. The predicted molar refractivity (Wildman–Crippen MR) is 81.1 cm³/mol. The standard InChI is InChI=1S/C16H10F3NO3S/c1-8-2-4-11(18)15-14(8)16(21)13(7-20-15)24(22,23)9-3-5-10(17)12(19)6-9/h2-7H,1H3,(H,20,21). The van der Waals surface area contributed by atoms with E-state index in [2.05, 4.69) is 4.98 Å². The molecule has 0 saturated carbocycles. The second-order valence-corrected chi connectivity index (χ2v) is 7.09. The largest absolute Gasteiger partial charge is 0.357 e. The topological polar surface area (TPSA) is 67.0 Å². The molecule has 1 heterocycles. The van der Waals surface area contributed by atoms with Crippen molar-refractivity contribution >= 4 is 20.7 Å². The zero-order chi connectivity index (χ0) is 17.6. The third-order valence-electron chi connectivity index (χ3n) is 3.65. The van der Waals surface area contributed by atoms with Crippen LogP contribution in [0.4, 0.5) is 13.2 Å². The van der Waals surface area contributed by atoms with Crippen molar-refractivity contribution in [3.05, 3.63) is 69.8 Å². The number of aromatic nitrogens is 1. The average molecular weight is 353 g/mol. The van der Waals surface area contributed by atoms with Crippen LogP contribution in [-0.2, 0) is 9.84 Å². The molecule has 3 aromatic rings. The molecule has 0 spiro atoms. The molecule has 0 bridgehead atoms. The molecule has 4 nitrogen and oxygen atoms in total. The van der Waals surface area contributed by atoms with Gasteiger partial charge in [0.05, 0.1) is 15.8 Å². The van der Waals surface area contributed by atoms with Crippen LogP contribution in [0.25, 0.3) is 10.9 Å². The Hall–Kier alpha value is -2.61. The van der Waals surface area contributed by atoms with Crippen molar-refractivity contribution in [1.29, 1.82) is 0 Å². The first kappa shape index (κ1) is 16.3. The van der Waals surface area contributed by atoms with Crippen molar-refractivity contribution in [2.45, 2.75) is 16.7 Å². The molecule has 0 aliphatic rings. The molecule has 124 valence electrons. The van der Waals surface area contributed by atoms with Gasteiger partial charge in [-0.05, 0) is 36.8 Å². The Labute approximate surface area is 134 Å². The number of halogens is 3. The van der Waals surface area contributed by atoms with Crippen LogP contribution in [0.15, 0.2) is 51.1 Å². The monoisotopic (exact) mass is 353 g/mol. The lowest BCUT2D eigenvalue weighted by Crippen LogP contribution is -2.17. The molecular weight excluding hydrogens is 343 g/mol. The van der Waals surface area contributed by atoms with E-state index in [1.807, 2.05) is 0 Å². The van der Waals surface area contributed by atoms with E-state index in [1.165, 1.54) is 13.0 Å². The number of hydrogen-bond donors (Lipinski definition) is 1. The highest BCUT2D eigenvalue weighted by Crippen LogP contribution is 2.23. The summed E-state index contributed by atoms with van der Waals surface area (Å²) < 4.78 is 65.2. The third-order valence-corrected chi connectivity index (χ3v) is 5.41. The number of aromatic amines is 1. The Bertz CT molecular complexity index is 1140. The summed E-state index contributed by atoms with van der Waals surface area (Å²) in [4.78, 5) is 13.7. The number of H-pyrrole nitrogens is 1. The van der Waals surface area contributed by atoms with Gasteiger partial charge in [-0.15, -0.1) is 0 Å². The lowest BCUT2D eigenvalue weighted by atomic mass is 10.1. The molecule has 2 aromatic carbocycles. The fourth-order valence-corrected chi connectivity index (χ4v) is 3.73. The first-order chi connectivity index (χ1) is 11.2. The van der Waals surface area contributed by atoms with Crippen molar-refractivity contribution in [3.8, 4) is 0 Å². The number of aryl methyl sites for hydroxylation is 1. The van der Waals surface area contributed by atoms with Crippen molar-refractivity contribution in [2.24, 2.45) is 0 Å². The van der Waals surface area contributed by atoms with Gasteiger partial charge >= 0.3 is 0 Å². The van der Waals surface area contributed by atoms with Crippen LogP contribution in [0.3, 0.4) is 0 Å². The molecule has 0 saturated heterocycles. The molecule has 0 atom stereocenters. The normalized spacial score (nSPS) is 11.8. The molecule has 0 fully saturated rings. The Kier molecular flexibility index (Phi) is 3.71. The van der Waals surface area contributed by atoms with E-state index in [-0.39, 0.29) is 10.9 Å². The number of nitrogens with one attached hydrogen (secondary N) is 1. The smallest absolute Gasteiger partial charge is 0.212 e. The molecule has 3 rings (SSSR count). The van der Waals surface area contributed by atoms with Gasteiger partial charge in [0.25, 0.3) is 0 Å². The van der Waals surface area contributed by atoms with Crippen LogP contribution in [-0.4, -0.2) is 13.4 Å². The van der Waals surface area contributed by atoms with Crippen LogP contribution in [0, 0.1) is 24.4 Å². The summed E-state index contributed by atoms with van der Waals surface area (Å²) in [6.45, 7) is 1.53. The number of rotatable bonds is 2. The summed E-state index contributed by atoms with van der Waals surface area (Å²) in [5.41, 5.74) is -0.648. The Morgan fingerprint density at radius 1 is 0.958 bits per heavy atom. The molecular formula is C16H10F3NO3S. The van der Waals surface area contributed by atoms with E-state index in [0.717, 1.165) is 18.3 Å². The summed E-state index contributed by atoms with van der Waals surface area (Å²) in [6, 6.07) is 4.50. The Balaban J connectivity index is 2.33. The molecule has 0 amide bonds. The van der Waals surface area contributed by atoms with Gasteiger partial charge in [-0.1, -0.05) is 6.07 Å². The summed E-state index contributed by atoms with van der Waals surface area (Å²) in [5.74, 6) is -3.26. The lowest BCUT2D eigenvalue weighted by molar-refractivity contribution is 0.504. The van der Waals surface area contributed by atoms with Gasteiger partial charge in [0, 0.05) is 6.20 Å². The minimum Gasteiger partial charge on any atom is -0.357 e. The minimum absolute atomic E-state index is 0.112. The van der Waals surface area contributed by atoms with Gasteiger partial charge in [-0.25, -0.2) is 21.6 Å². The highest BCUT2D eigenvalue weighted by Gasteiger charge is 2.24. The van der Waals surface area contributed by atoms with Crippen molar-refractivity contribution in [1.82, 2.24) is 4.98 Å². The number of hydrogen-bond acceptors (Lipinski definition) is 3. The highest BCUT2D eigenvalue weighted by atomic mass is 32.2. The summed E-state index contributed by atoms with van der Waals surface area (Å²) in [5, 5.41) is -0.112. The number of sulfone groups is 1. The van der Waals surface area contributed by atoms with Gasteiger partial charge in [0.15, 0.2) is 11.6 Å². The van der Waals surface area contributed by atoms with Gasteiger partial charge in [-0.2, -0.15) is 0 Å². The maximum Gasteiger partial charge on any atom is 0.212 e. The number of benzene rings is 2. The van der Waals surface area contributed by atoms with Gasteiger partial charge in [0.1, 0.15) is 10.7 Å². The SMILES string of the molecule is Cc1ccc(F)c2[nH]cc(S(=O)(=O)c3ccc(F)c(F)c3)c(=O)c12. The maximum absolute atomic E-state index is 13.8. The Morgan fingerprint density at radius 3 is 2.29 bits per heavy atom. The van der Waals surface area contributed by atoms with E-state index in [1.54, 1.807) is 0 Å². The maximum atomic E-state index is 13.8. The predicted octanol–water partition coefficient (Wildman–Crippen LogP) is 3.09. The molecule has 1 N–H and O–H groups in total. The second-order valence-electron chi connectivity index (χ2n) is 5.18. The van der Waals surface area contributed by atoms with Crippen LogP contribution in [0.1, 0.15) is 5.56 Å². The lowest BCUT2D eigenvalue weighted by Gasteiger charge is -2.08. The molecule has 0 radical (unpaired) electrons. The van der Waals surface area contributed by atoms with E-state index in [0.29, 0.717) is 17.7 Å². The van der Waals surface area contributed by atoms with E-state index in [9.17, 15) is 26.4 Å². The zero-order valence-electron chi connectivity index (χ0n) is 12.2. The first-order valence-electron chi connectivity index (χ1n) is 6.74. The fraction of sp³-hybridized carbons (Fsp3) is 0.0625. The number of fused-ring (bicyclic) bond motifs is 1. The van der Waals surface area contributed by atoms with E-state index < -0.39 is 42.5 Å². The summed E-state index contributed by atoms with van der Waals surface area (Å²) >= 11 is 0. The highest BCUT2D eigenvalue weighted by molar-refractivity contribution is 7.91. The Morgan fingerprint density at radius 2 is 1.62 bits per heavy atom.